The van der Waals surface area contributed by atoms with E-state index < -0.39 is 0 Å². The molecule has 0 spiro atoms. The lowest BCUT2D eigenvalue weighted by Gasteiger charge is -2.13. The van der Waals surface area contributed by atoms with Gasteiger partial charge in [-0.15, -0.1) is 11.3 Å². The van der Waals surface area contributed by atoms with Crippen LogP contribution in [-0.4, -0.2) is 36.0 Å². The molecule has 2 heterocycles. The predicted octanol–water partition coefficient (Wildman–Crippen LogP) is 1.33. The fourth-order valence-electron chi connectivity index (χ4n) is 2.87. The Labute approximate surface area is 160 Å². The zero-order chi connectivity index (χ0) is 19.4. The molecule has 8 heteroatoms. The van der Waals surface area contributed by atoms with Gasteiger partial charge in [0, 0.05) is 17.5 Å². The highest BCUT2D eigenvalue weighted by molar-refractivity contribution is 7.17. The number of carbonyl (C=O) groups excluding carboxylic acids is 1. The maximum absolute atomic E-state index is 13.1. The number of thiophene rings is 1. The van der Waals surface area contributed by atoms with Crippen molar-refractivity contribution in [1.82, 2.24) is 15.3 Å². The van der Waals surface area contributed by atoms with Crippen molar-refractivity contribution in [1.29, 1.82) is 0 Å². The van der Waals surface area contributed by atoms with Crippen molar-refractivity contribution in [2.75, 3.05) is 20.1 Å². The molecule has 1 atom stereocenters. The van der Waals surface area contributed by atoms with Crippen molar-refractivity contribution in [3.63, 3.8) is 0 Å². The molecular weight excluding hydrogens is 367 g/mol. The molecule has 0 aliphatic carbocycles. The van der Waals surface area contributed by atoms with E-state index in [1.54, 1.807) is 12.1 Å². The van der Waals surface area contributed by atoms with Crippen molar-refractivity contribution in [2.45, 2.75) is 19.9 Å². The Morgan fingerprint density at radius 3 is 2.78 bits per heavy atom. The third kappa shape index (κ3) is 4.58. The molecule has 0 fully saturated rings. The van der Waals surface area contributed by atoms with Crippen LogP contribution in [0.1, 0.15) is 19.2 Å². The number of benzene rings is 1. The van der Waals surface area contributed by atoms with Crippen LogP contribution in [-0.2, 0) is 11.3 Å². The van der Waals surface area contributed by atoms with Gasteiger partial charge in [0.25, 0.3) is 11.5 Å². The van der Waals surface area contributed by atoms with E-state index in [0.717, 1.165) is 22.4 Å². The number of likely N-dealkylation sites (N-methyl/N-ethyl adjacent to an activating group) is 1. The molecule has 0 saturated heterocycles. The van der Waals surface area contributed by atoms with Gasteiger partial charge in [-0.2, -0.15) is 0 Å². The lowest BCUT2D eigenvalue weighted by atomic mass is 10.1. The molecule has 3 N–H and O–H groups in total. The van der Waals surface area contributed by atoms with Gasteiger partial charge in [-0.25, -0.2) is 9.37 Å². The molecule has 1 amide bonds. The SMILES string of the molecule is CCCNC(=O)C[NH+](C)Cc1nc2scc(-c3ccc(F)cc3)c2c(=O)[nH]1. The van der Waals surface area contributed by atoms with Gasteiger partial charge < -0.3 is 15.2 Å². The number of quaternary nitrogens is 1. The summed E-state index contributed by atoms with van der Waals surface area (Å²) in [5.74, 6) is 0.204. The summed E-state index contributed by atoms with van der Waals surface area (Å²) in [4.78, 5) is 33.4. The average Bonchev–Trinajstić information content (AvgIpc) is 3.05. The second-order valence-electron chi connectivity index (χ2n) is 6.51. The number of halogens is 1. The molecule has 3 aromatic rings. The van der Waals surface area contributed by atoms with E-state index in [4.69, 9.17) is 0 Å². The Hall–Kier alpha value is -2.58. The third-order valence-electron chi connectivity index (χ3n) is 4.15. The summed E-state index contributed by atoms with van der Waals surface area (Å²) in [5.41, 5.74) is 1.30. The minimum Gasteiger partial charge on any atom is -0.351 e. The Bertz CT molecular complexity index is 997. The lowest BCUT2D eigenvalue weighted by Crippen LogP contribution is -3.09. The van der Waals surface area contributed by atoms with Gasteiger partial charge in [0.1, 0.15) is 17.2 Å². The van der Waals surface area contributed by atoms with Crippen LogP contribution in [0.4, 0.5) is 4.39 Å². The maximum atomic E-state index is 13.1. The van der Waals surface area contributed by atoms with Crippen LogP contribution in [0.25, 0.3) is 21.3 Å². The van der Waals surface area contributed by atoms with Gasteiger partial charge in [-0.3, -0.25) is 9.59 Å². The predicted molar refractivity (Wildman–Crippen MR) is 104 cm³/mol. The first-order valence-corrected chi connectivity index (χ1v) is 9.70. The van der Waals surface area contributed by atoms with E-state index in [-0.39, 0.29) is 17.3 Å². The number of hydrogen-bond acceptors (Lipinski definition) is 4. The Balaban J connectivity index is 1.81. The summed E-state index contributed by atoms with van der Waals surface area (Å²) in [7, 11) is 1.88. The van der Waals surface area contributed by atoms with Crippen LogP contribution in [0.2, 0.25) is 0 Å². The highest BCUT2D eigenvalue weighted by Crippen LogP contribution is 2.30. The highest BCUT2D eigenvalue weighted by atomic mass is 32.1. The summed E-state index contributed by atoms with van der Waals surface area (Å²) < 4.78 is 13.1. The van der Waals surface area contributed by atoms with Gasteiger partial charge in [-0.05, 0) is 24.1 Å². The Kier molecular flexibility index (Phi) is 5.98. The van der Waals surface area contributed by atoms with E-state index in [2.05, 4.69) is 15.3 Å². The summed E-state index contributed by atoms with van der Waals surface area (Å²) in [6.07, 6.45) is 0.894. The Morgan fingerprint density at radius 1 is 1.33 bits per heavy atom. The minimum absolute atomic E-state index is 0.0208. The quantitative estimate of drug-likeness (QED) is 0.570. The second-order valence-corrected chi connectivity index (χ2v) is 7.37. The molecule has 6 nitrogen and oxygen atoms in total. The first-order chi connectivity index (χ1) is 13.0. The van der Waals surface area contributed by atoms with Crippen LogP contribution in [0.3, 0.4) is 0 Å². The number of aromatic nitrogens is 2. The lowest BCUT2D eigenvalue weighted by molar-refractivity contribution is -0.886. The standard InChI is InChI=1S/C19H21FN4O2S/c1-3-8-21-16(25)10-24(2)9-15-22-18(26)17-14(11-27-19(17)23-15)12-4-6-13(20)7-5-12/h4-7,11H,3,8-10H2,1-2H3,(H,21,25)(H,22,23,26)/p+1. The number of H-pyrrole nitrogens is 1. The largest absolute Gasteiger partial charge is 0.351 e. The zero-order valence-electron chi connectivity index (χ0n) is 15.3. The van der Waals surface area contributed by atoms with Crippen molar-refractivity contribution in [3.05, 3.63) is 51.6 Å². The molecule has 1 unspecified atom stereocenters. The van der Waals surface area contributed by atoms with Gasteiger partial charge >= 0.3 is 0 Å². The van der Waals surface area contributed by atoms with Crippen LogP contribution in [0.5, 0.6) is 0 Å². The molecule has 27 heavy (non-hydrogen) atoms. The molecule has 3 rings (SSSR count). The van der Waals surface area contributed by atoms with Crippen LogP contribution >= 0.6 is 11.3 Å². The highest BCUT2D eigenvalue weighted by Gasteiger charge is 2.16. The summed E-state index contributed by atoms with van der Waals surface area (Å²) in [6, 6.07) is 6.04. The van der Waals surface area contributed by atoms with E-state index in [0.29, 0.717) is 35.7 Å². The van der Waals surface area contributed by atoms with E-state index in [1.165, 1.54) is 23.5 Å². The fraction of sp³-hybridized carbons (Fsp3) is 0.316. The smallest absolute Gasteiger partial charge is 0.275 e. The minimum atomic E-state index is -0.318. The molecule has 0 bridgehead atoms. The van der Waals surface area contributed by atoms with Crippen molar-refractivity contribution in [2.24, 2.45) is 0 Å². The first-order valence-electron chi connectivity index (χ1n) is 8.82. The number of nitrogens with zero attached hydrogens (tertiary/aromatic N) is 1. The first kappa shape index (κ1) is 19.2. The monoisotopic (exact) mass is 389 g/mol. The van der Waals surface area contributed by atoms with Crippen LogP contribution < -0.4 is 15.8 Å². The van der Waals surface area contributed by atoms with Crippen LogP contribution in [0, 0.1) is 5.82 Å². The topological polar surface area (TPSA) is 79.3 Å². The fourth-order valence-corrected chi connectivity index (χ4v) is 3.84. The number of fused-ring (bicyclic) bond motifs is 1. The molecule has 0 saturated carbocycles. The number of rotatable bonds is 7. The van der Waals surface area contributed by atoms with E-state index in [9.17, 15) is 14.0 Å². The van der Waals surface area contributed by atoms with Crippen molar-refractivity contribution < 1.29 is 14.1 Å². The number of amides is 1. The molecule has 2 aromatic heterocycles. The molecule has 0 radical (unpaired) electrons. The van der Waals surface area contributed by atoms with Gasteiger partial charge in [0.15, 0.2) is 12.4 Å². The summed E-state index contributed by atoms with van der Waals surface area (Å²) >= 11 is 1.38. The number of aromatic amines is 1. The van der Waals surface area contributed by atoms with Gasteiger partial charge in [0.05, 0.1) is 12.4 Å². The molecule has 0 aliphatic heterocycles. The molecule has 0 aliphatic rings. The van der Waals surface area contributed by atoms with Crippen LogP contribution in [0.15, 0.2) is 34.4 Å². The van der Waals surface area contributed by atoms with Gasteiger partial charge in [-0.1, -0.05) is 19.1 Å². The van der Waals surface area contributed by atoms with E-state index >= 15 is 0 Å². The maximum Gasteiger partial charge on any atom is 0.275 e. The summed E-state index contributed by atoms with van der Waals surface area (Å²) in [6.45, 7) is 3.41. The number of nitrogens with one attached hydrogen (secondary N) is 3. The third-order valence-corrected chi connectivity index (χ3v) is 5.02. The summed E-state index contributed by atoms with van der Waals surface area (Å²) in [5, 5.41) is 5.21. The molecule has 142 valence electrons. The molecule has 1 aromatic carbocycles. The Morgan fingerprint density at radius 2 is 2.07 bits per heavy atom. The molecular formula is C19H22FN4O2S+. The zero-order valence-corrected chi connectivity index (χ0v) is 16.1. The van der Waals surface area contributed by atoms with E-state index in [1.807, 2.05) is 19.4 Å². The second kappa shape index (κ2) is 8.41. The number of carbonyl (C=O) groups is 1. The van der Waals surface area contributed by atoms with Crippen molar-refractivity contribution >= 4 is 27.5 Å². The van der Waals surface area contributed by atoms with Crippen molar-refractivity contribution in [3.8, 4) is 11.1 Å². The van der Waals surface area contributed by atoms with Gasteiger partial charge in [0.2, 0.25) is 0 Å². The number of hydrogen-bond donors (Lipinski definition) is 3. The average molecular weight is 389 g/mol. The normalized spacial score (nSPS) is 12.3.